The summed E-state index contributed by atoms with van der Waals surface area (Å²) in [4.78, 5) is 20.0. The summed E-state index contributed by atoms with van der Waals surface area (Å²) in [6, 6.07) is 10.0. The van der Waals surface area contributed by atoms with Gasteiger partial charge in [-0.05, 0) is 80.9 Å². The molecule has 1 aliphatic rings. The molecule has 2 aromatic rings. The lowest BCUT2D eigenvalue weighted by Crippen LogP contribution is -2.21. The van der Waals surface area contributed by atoms with Crippen molar-refractivity contribution in [3.05, 3.63) is 56.4 Å². The van der Waals surface area contributed by atoms with Crippen molar-refractivity contribution >= 4 is 56.2 Å². The number of amidine groups is 1. The number of hydrogen-bond donors (Lipinski definition) is 1. The third-order valence-electron chi connectivity index (χ3n) is 4.93. The van der Waals surface area contributed by atoms with E-state index < -0.39 is 0 Å². The number of halogens is 1. The molecule has 1 N–H and O–H groups in total. The second kappa shape index (κ2) is 9.71. The number of carbonyl (C=O) groups excluding carboxylic acids is 1. The van der Waals surface area contributed by atoms with E-state index in [9.17, 15) is 4.79 Å². The Labute approximate surface area is 190 Å². The molecule has 0 radical (unpaired) electrons. The van der Waals surface area contributed by atoms with E-state index in [1.165, 1.54) is 11.8 Å². The van der Waals surface area contributed by atoms with Crippen LogP contribution in [0.5, 0.6) is 5.75 Å². The first kappa shape index (κ1) is 22.4. The molecule has 3 rings (SSSR count). The Hall–Kier alpha value is -2.25. The smallest absolute Gasteiger partial charge is 0.264 e. The number of nitrogens with zero attached hydrogens (tertiary/aromatic N) is 2. The van der Waals surface area contributed by atoms with E-state index in [1.54, 1.807) is 7.11 Å². The number of ether oxygens (including phenoxy) is 1. The van der Waals surface area contributed by atoms with Gasteiger partial charge in [0.1, 0.15) is 5.75 Å². The minimum Gasteiger partial charge on any atom is -0.496 e. The maximum Gasteiger partial charge on any atom is 0.264 e. The van der Waals surface area contributed by atoms with Gasteiger partial charge in [0, 0.05) is 34.9 Å². The van der Waals surface area contributed by atoms with Gasteiger partial charge in [0.2, 0.25) is 0 Å². The van der Waals surface area contributed by atoms with Gasteiger partial charge in [0.25, 0.3) is 5.91 Å². The van der Waals surface area contributed by atoms with Crippen molar-refractivity contribution < 1.29 is 9.53 Å². The van der Waals surface area contributed by atoms with E-state index in [2.05, 4.69) is 51.1 Å². The number of nitrogens with one attached hydrogen (secondary N) is 1. The van der Waals surface area contributed by atoms with Crippen LogP contribution in [0.25, 0.3) is 6.08 Å². The molecular weight excluding hydrogens is 462 g/mol. The van der Waals surface area contributed by atoms with E-state index >= 15 is 0 Å². The summed E-state index contributed by atoms with van der Waals surface area (Å²) in [7, 11) is 1.65. The fraction of sp³-hybridized carbons (Fsp3) is 0.304. The number of aliphatic imine (C=N–C) groups is 1. The molecule has 1 heterocycles. The number of amides is 1. The highest BCUT2D eigenvalue weighted by Crippen LogP contribution is 2.33. The number of methoxy groups -OCH3 is 1. The number of rotatable bonds is 6. The normalized spacial score (nSPS) is 16.3. The highest BCUT2D eigenvalue weighted by atomic mass is 79.9. The first-order chi connectivity index (χ1) is 14.4. The summed E-state index contributed by atoms with van der Waals surface area (Å²) < 4.78 is 6.66. The van der Waals surface area contributed by atoms with Crippen LogP contribution in [0.1, 0.15) is 30.5 Å². The molecule has 0 aliphatic carbocycles. The minimum absolute atomic E-state index is 0.154. The number of thioether (sulfide) groups is 1. The van der Waals surface area contributed by atoms with Gasteiger partial charge in [0.05, 0.1) is 17.7 Å². The average Bonchev–Trinajstić information content (AvgIpc) is 3.06. The van der Waals surface area contributed by atoms with E-state index in [0.717, 1.165) is 51.4 Å². The van der Waals surface area contributed by atoms with Crippen molar-refractivity contribution in [3.8, 4) is 5.75 Å². The molecule has 0 unspecified atom stereocenters. The number of anilines is 1. The lowest BCUT2D eigenvalue weighted by Gasteiger charge is -2.22. The van der Waals surface area contributed by atoms with Crippen LogP contribution < -0.4 is 15.0 Å². The predicted octanol–water partition coefficient (Wildman–Crippen LogP) is 5.81. The van der Waals surface area contributed by atoms with Crippen LogP contribution in [0.15, 0.2) is 44.7 Å². The van der Waals surface area contributed by atoms with Crippen LogP contribution in [0.2, 0.25) is 0 Å². The molecule has 1 amide bonds. The summed E-state index contributed by atoms with van der Waals surface area (Å²) in [5.41, 5.74) is 5.00. The molecule has 2 aromatic carbocycles. The van der Waals surface area contributed by atoms with Gasteiger partial charge in [-0.2, -0.15) is 0 Å². The van der Waals surface area contributed by atoms with Crippen LogP contribution in [0, 0.1) is 13.8 Å². The first-order valence-corrected chi connectivity index (χ1v) is 11.5. The summed E-state index contributed by atoms with van der Waals surface area (Å²) in [5.74, 6) is 0.587. The SMILES string of the molecule is CCN(CC)c1ccc(/C=C2\SC(=Nc3cc(C)c(Br)c(C)c3)NC2=O)c(OC)c1. The van der Waals surface area contributed by atoms with Crippen LogP contribution in [0.3, 0.4) is 0 Å². The standard InChI is InChI=1S/C23H26BrN3O2S/c1-6-27(7-2)18-9-8-16(19(13-18)29-5)12-20-22(28)26-23(30-20)25-17-10-14(3)21(24)15(4)11-17/h8-13H,6-7H2,1-5H3,(H,25,26,28)/b20-12-. The Balaban J connectivity index is 1.87. The maximum absolute atomic E-state index is 12.5. The highest BCUT2D eigenvalue weighted by molar-refractivity contribution is 9.10. The van der Waals surface area contributed by atoms with Crippen molar-refractivity contribution in [2.24, 2.45) is 4.99 Å². The number of carbonyl (C=O) groups is 1. The van der Waals surface area contributed by atoms with E-state index in [0.29, 0.717) is 10.1 Å². The fourth-order valence-corrected chi connectivity index (χ4v) is 4.39. The van der Waals surface area contributed by atoms with Crippen LogP contribution in [-0.2, 0) is 4.79 Å². The lowest BCUT2D eigenvalue weighted by molar-refractivity contribution is -0.115. The topological polar surface area (TPSA) is 53.9 Å². The quantitative estimate of drug-likeness (QED) is 0.522. The predicted molar refractivity (Wildman–Crippen MR) is 131 cm³/mol. The molecular formula is C23H26BrN3O2S. The van der Waals surface area contributed by atoms with Crippen LogP contribution >= 0.6 is 27.7 Å². The Morgan fingerprint density at radius 2 is 1.83 bits per heavy atom. The summed E-state index contributed by atoms with van der Waals surface area (Å²) in [6.07, 6.45) is 1.85. The molecule has 0 spiro atoms. The van der Waals surface area contributed by atoms with Gasteiger partial charge >= 0.3 is 0 Å². The Kier molecular flexibility index (Phi) is 7.26. The molecule has 0 saturated carbocycles. The second-order valence-corrected chi connectivity index (χ2v) is 8.80. The summed E-state index contributed by atoms with van der Waals surface area (Å²) in [5, 5.41) is 3.43. The van der Waals surface area contributed by atoms with Crippen LogP contribution in [-0.4, -0.2) is 31.3 Å². The molecule has 1 saturated heterocycles. The van der Waals surface area contributed by atoms with Crippen molar-refractivity contribution in [2.75, 3.05) is 25.1 Å². The first-order valence-electron chi connectivity index (χ1n) is 9.85. The van der Waals surface area contributed by atoms with E-state index in [1.807, 2.05) is 44.2 Å². The van der Waals surface area contributed by atoms with Gasteiger partial charge in [-0.1, -0.05) is 15.9 Å². The molecule has 30 heavy (non-hydrogen) atoms. The molecule has 1 fully saturated rings. The monoisotopic (exact) mass is 487 g/mol. The molecule has 0 bridgehead atoms. The van der Waals surface area contributed by atoms with E-state index in [-0.39, 0.29) is 5.91 Å². The van der Waals surface area contributed by atoms with Gasteiger partial charge in [-0.3, -0.25) is 4.79 Å². The maximum atomic E-state index is 12.5. The van der Waals surface area contributed by atoms with E-state index in [4.69, 9.17) is 4.74 Å². The molecule has 0 aromatic heterocycles. The third-order valence-corrected chi connectivity index (χ3v) is 7.10. The zero-order chi connectivity index (χ0) is 21.8. The number of benzene rings is 2. The number of aryl methyl sites for hydroxylation is 2. The largest absolute Gasteiger partial charge is 0.496 e. The highest BCUT2D eigenvalue weighted by Gasteiger charge is 2.24. The third kappa shape index (κ3) is 4.90. The molecule has 0 atom stereocenters. The molecule has 158 valence electrons. The Morgan fingerprint density at radius 1 is 1.17 bits per heavy atom. The molecule has 5 nitrogen and oxygen atoms in total. The average molecular weight is 488 g/mol. The summed E-state index contributed by atoms with van der Waals surface area (Å²) in [6.45, 7) is 10.2. The van der Waals surface area contributed by atoms with Gasteiger partial charge in [-0.25, -0.2) is 4.99 Å². The molecule has 1 aliphatic heterocycles. The molecule has 7 heteroatoms. The minimum atomic E-state index is -0.154. The summed E-state index contributed by atoms with van der Waals surface area (Å²) >= 11 is 4.91. The van der Waals surface area contributed by atoms with Gasteiger partial charge < -0.3 is 15.0 Å². The van der Waals surface area contributed by atoms with Crippen molar-refractivity contribution in [2.45, 2.75) is 27.7 Å². The van der Waals surface area contributed by atoms with Crippen molar-refractivity contribution in [1.82, 2.24) is 5.32 Å². The number of hydrogen-bond acceptors (Lipinski definition) is 5. The van der Waals surface area contributed by atoms with Gasteiger partial charge in [-0.15, -0.1) is 0 Å². The zero-order valence-corrected chi connectivity index (χ0v) is 20.3. The Bertz CT molecular complexity index is 1010. The van der Waals surface area contributed by atoms with Crippen molar-refractivity contribution in [3.63, 3.8) is 0 Å². The van der Waals surface area contributed by atoms with Gasteiger partial charge in [0.15, 0.2) is 5.17 Å². The van der Waals surface area contributed by atoms with Crippen LogP contribution in [0.4, 0.5) is 11.4 Å². The zero-order valence-electron chi connectivity index (χ0n) is 17.9. The van der Waals surface area contributed by atoms with Crippen molar-refractivity contribution in [1.29, 1.82) is 0 Å². The second-order valence-electron chi connectivity index (χ2n) is 6.97. The Morgan fingerprint density at radius 3 is 2.43 bits per heavy atom. The fourth-order valence-electron chi connectivity index (χ4n) is 3.33. The lowest BCUT2D eigenvalue weighted by atomic mass is 10.1.